The Bertz CT molecular complexity index is 382. The fourth-order valence-electron chi connectivity index (χ4n) is 2.44. The molecule has 0 spiro atoms. The smallest absolute Gasteiger partial charge is 0.387 e. The second-order valence-electron chi connectivity index (χ2n) is 4.76. The number of nitrogens with zero attached hydrogens (tertiary/aromatic N) is 1. The molecule has 1 saturated heterocycles. The molecular formula is C14H20F2N2O. The maximum atomic E-state index is 12.1. The summed E-state index contributed by atoms with van der Waals surface area (Å²) in [5.41, 5.74) is 1.06. The van der Waals surface area contributed by atoms with E-state index >= 15 is 0 Å². The Morgan fingerprint density at radius 1 is 1.37 bits per heavy atom. The van der Waals surface area contributed by atoms with Gasteiger partial charge in [-0.1, -0.05) is 13.3 Å². The first kappa shape index (κ1) is 14.1. The molecule has 1 fully saturated rings. The topological polar surface area (TPSA) is 24.5 Å². The van der Waals surface area contributed by atoms with Crippen LogP contribution in [0.3, 0.4) is 0 Å². The van der Waals surface area contributed by atoms with Crippen LogP contribution in [0.4, 0.5) is 14.5 Å². The summed E-state index contributed by atoms with van der Waals surface area (Å²) in [6.07, 6.45) is 2.32. The van der Waals surface area contributed by atoms with E-state index in [0.717, 1.165) is 38.2 Å². The van der Waals surface area contributed by atoms with Gasteiger partial charge >= 0.3 is 6.61 Å². The van der Waals surface area contributed by atoms with Gasteiger partial charge in [-0.2, -0.15) is 8.78 Å². The highest BCUT2D eigenvalue weighted by Crippen LogP contribution is 2.22. The van der Waals surface area contributed by atoms with E-state index in [1.54, 1.807) is 12.1 Å². The first-order valence-electron chi connectivity index (χ1n) is 6.72. The minimum absolute atomic E-state index is 0.207. The average Bonchev–Trinajstić information content (AvgIpc) is 2.40. The van der Waals surface area contributed by atoms with Gasteiger partial charge in [-0.15, -0.1) is 0 Å². The summed E-state index contributed by atoms with van der Waals surface area (Å²) < 4.78 is 28.5. The van der Waals surface area contributed by atoms with Gasteiger partial charge in [-0.25, -0.2) is 0 Å². The molecule has 0 aliphatic carbocycles. The highest BCUT2D eigenvalue weighted by atomic mass is 19.3. The van der Waals surface area contributed by atoms with Gasteiger partial charge in [0.15, 0.2) is 0 Å². The van der Waals surface area contributed by atoms with Gasteiger partial charge in [0.05, 0.1) is 0 Å². The minimum atomic E-state index is -2.76. The molecule has 1 heterocycles. The van der Waals surface area contributed by atoms with E-state index in [1.807, 2.05) is 12.1 Å². The SMILES string of the molecule is CCCC1CN(c2ccc(OC(F)F)cc2)CCN1. The van der Waals surface area contributed by atoms with Crippen molar-refractivity contribution in [3.63, 3.8) is 0 Å². The molecule has 5 heteroatoms. The molecule has 1 unspecified atom stereocenters. The predicted molar refractivity (Wildman–Crippen MR) is 72.0 cm³/mol. The van der Waals surface area contributed by atoms with E-state index in [9.17, 15) is 8.78 Å². The molecule has 2 rings (SSSR count). The van der Waals surface area contributed by atoms with Crippen LogP contribution in [0.15, 0.2) is 24.3 Å². The number of nitrogens with one attached hydrogen (secondary N) is 1. The molecule has 1 aliphatic heterocycles. The van der Waals surface area contributed by atoms with Gasteiger partial charge in [-0.3, -0.25) is 0 Å². The summed E-state index contributed by atoms with van der Waals surface area (Å²) >= 11 is 0. The van der Waals surface area contributed by atoms with E-state index in [4.69, 9.17) is 0 Å². The van der Waals surface area contributed by atoms with Gasteiger partial charge in [0.25, 0.3) is 0 Å². The van der Waals surface area contributed by atoms with E-state index in [-0.39, 0.29) is 5.75 Å². The predicted octanol–water partition coefficient (Wildman–Crippen LogP) is 2.87. The van der Waals surface area contributed by atoms with Crippen molar-refractivity contribution < 1.29 is 13.5 Å². The molecule has 3 nitrogen and oxygen atoms in total. The number of hydrogen-bond acceptors (Lipinski definition) is 3. The molecule has 0 bridgehead atoms. The Morgan fingerprint density at radius 3 is 2.74 bits per heavy atom. The average molecular weight is 270 g/mol. The minimum Gasteiger partial charge on any atom is -0.435 e. The number of rotatable bonds is 5. The normalized spacial score (nSPS) is 19.8. The monoisotopic (exact) mass is 270 g/mol. The van der Waals surface area contributed by atoms with Gasteiger partial charge in [0.1, 0.15) is 5.75 Å². The maximum absolute atomic E-state index is 12.1. The van der Waals surface area contributed by atoms with Crippen molar-refractivity contribution in [3.05, 3.63) is 24.3 Å². The molecule has 106 valence electrons. The number of piperazine rings is 1. The third kappa shape index (κ3) is 4.06. The van der Waals surface area contributed by atoms with Crippen LogP contribution < -0.4 is 15.0 Å². The first-order chi connectivity index (χ1) is 9.19. The van der Waals surface area contributed by atoms with Crippen molar-refractivity contribution in [1.82, 2.24) is 5.32 Å². The Balaban J connectivity index is 1.97. The molecule has 0 aromatic heterocycles. The Labute approximate surface area is 112 Å². The number of hydrogen-bond donors (Lipinski definition) is 1. The molecule has 1 atom stereocenters. The molecule has 0 radical (unpaired) electrons. The van der Waals surface area contributed by atoms with Crippen molar-refractivity contribution in [2.24, 2.45) is 0 Å². The third-order valence-corrected chi connectivity index (χ3v) is 3.32. The van der Waals surface area contributed by atoms with E-state index in [0.29, 0.717) is 6.04 Å². The molecular weight excluding hydrogens is 250 g/mol. The molecule has 1 N–H and O–H groups in total. The highest BCUT2D eigenvalue weighted by molar-refractivity contribution is 5.49. The van der Waals surface area contributed by atoms with E-state index < -0.39 is 6.61 Å². The lowest BCUT2D eigenvalue weighted by molar-refractivity contribution is -0.0498. The second kappa shape index (κ2) is 6.70. The molecule has 1 aliphatic rings. The number of ether oxygens (including phenoxy) is 1. The fraction of sp³-hybridized carbons (Fsp3) is 0.571. The summed E-state index contributed by atoms with van der Waals surface area (Å²) in [5.74, 6) is 0.207. The zero-order chi connectivity index (χ0) is 13.7. The fourth-order valence-corrected chi connectivity index (χ4v) is 2.44. The second-order valence-corrected chi connectivity index (χ2v) is 4.76. The van der Waals surface area contributed by atoms with Crippen molar-refractivity contribution in [2.75, 3.05) is 24.5 Å². The summed E-state index contributed by atoms with van der Waals surface area (Å²) in [5, 5.41) is 3.49. The summed E-state index contributed by atoms with van der Waals surface area (Å²) in [6, 6.07) is 7.38. The summed E-state index contributed by atoms with van der Waals surface area (Å²) in [6.45, 7) is 2.27. The van der Waals surface area contributed by atoms with Crippen LogP contribution in [-0.4, -0.2) is 32.3 Å². The zero-order valence-corrected chi connectivity index (χ0v) is 11.1. The van der Waals surface area contributed by atoms with Gasteiger partial charge < -0.3 is 15.0 Å². The number of anilines is 1. The quantitative estimate of drug-likeness (QED) is 0.890. The lowest BCUT2D eigenvalue weighted by Crippen LogP contribution is -2.50. The largest absolute Gasteiger partial charge is 0.435 e. The highest BCUT2D eigenvalue weighted by Gasteiger charge is 2.18. The van der Waals surface area contributed by atoms with Crippen LogP contribution in [0.2, 0.25) is 0 Å². The summed E-state index contributed by atoms with van der Waals surface area (Å²) in [4.78, 5) is 2.28. The third-order valence-electron chi connectivity index (χ3n) is 3.32. The van der Waals surface area contributed by atoms with Gasteiger partial charge in [0.2, 0.25) is 0 Å². The standard InChI is InChI=1S/C14H20F2N2O/c1-2-3-11-10-18(9-8-17-11)12-4-6-13(7-5-12)19-14(15)16/h4-7,11,14,17H,2-3,8-10H2,1H3. The van der Waals surface area contributed by atoms with Crippen LogP contribution in [0, 0.1) is 0 Å². The van der Waals surface area contributed by atoms with Crippen molar-refractivity contribution in [1.29, 1.82) is 0 Å². The van der Waals surface area contributed by atoms with Crippen molar-refractivity contribution in [3.8, 4) is 5.75 Å². The first-order valence-corrected chi connectivity index (χ1v) is 6.72. The molecule has 1 aromatic rings. The van der Waals surface area contributed by atoms with Crippen molar-refractivity contribution >= 4 is 5.69 Å². The van der Waals surface area contributed by atoms with Crippen LogP contribution in [-0.2, 0) is 0 Å². The Hall–Kier alpha value is -1.36. The maximum Gasteiger partial charge on any atom is 0.387 e. The summed E-state index contributed by atoms with van der Waals surface area (Å²) in [7, 11) is 0. The van der Waals surface area contributed by atoms with Crippen LogP contribution >= 0.6 is 0 Å². The lowest BCUT2D eigenvalue weighted by Gasteiger charge is -2.35. The van der Waals surface area contributed by atoms with E-state index in [2.05, 4.69) is 21.9 Å². The van der Waals surface area contributed by atoms with E-state index in [1.165, 1.54) is 0 Å². The van der Waals surface area contributed by atoms with Crippen LogP contribution in [0.25, 0.3) is 0 Å². The molecule has 0 saturated carbocycles. The van der Waals surface area contributed by atoms with Crippen molar-refractivity contribution in [2.45, 2.75) is 32.4 Å². The Kier molecular flexibility index (Phi) is 4.96. The zero-order valence-electron chi connectivity index (χ0n) is 11.1. The number of alkyl halides is 2. The Morgan fingerprint density at radius 2 is 2.11 bits per heavy atom. The number of benzene rings is 1. The molecule has 0 amide bonds. The van der Waals surface area contributed by atoms with Crippen LogP contribution in [0.1, 0.15) is 19.8 Å². The molecule has 1 aromatic carbocycles. The lowest BCUT2D eigenvalue weighted by atomic mass is 10.1. The van der Waals surface area contributed by atoms with Gasteiger partial charge in [0, 0.05) is 31.4 Å². The molecule has 19 heavy (non-hydrogen) atoms. The number of halogens is 2. The van der Waals surface area contributed by atoms with Crippen LogP contribution in [0.5, 0.6) is 5.75 Å². The van der Waals surface area contributed by atoms with Gasteiger partial charge in [-0.05, 0) is 30.7 Å².